The molecule has 4 heteroatoms. The van der Waals surface area contributed by atoms with Crippen LogP contribution >= 0.6 is 0 Å². The van der Waals surface area contributed by atoms with Crippen molar-refractivity contribution in [1.82, 2.24) is 4.90 Å². The Hall–Kier alpha value is -1.39. The van der Waals surface area contributed by atoms with E-state index in [0.717, 1.165) is 5.69 Å². The molecule has 0 radical (unpaired) electrons. The molecule has 1 N–H and O–H groups in total. The van der Waals surface area contributed by atoms with Crippen LogP contribution in [0.5, 0.6) is 0 Å². The molecule has 22 heavy (non-hydrogen) atoms. The number of amides is 1. The summed E-state index contributed by atoms with van der Waals surface area (Å²) in [5.41, 5.74) is 1.45. The van der Waals surface area contributed by atoms with E-state index in [2.05, 4.69) is 32.9 Å². The first-order valence-electron chi connectivity index (χ1n) is 7.82. The second kappa shape index (κ2) is 5.67. The average Bonchev–Trinajstić information content (AvgIpc) is 2.69. The molecule has 2 rings (SSSR count). The highest BCUT2D eigenvalue weighted by molar-refractivity contribution is 5.97. The molecule has 0 aliphatic carbocycles. The lowest BCUT2D eigenvalue weighted by molar-refractivity contribution is -0.122. The van der Waals surface area contributed by atoms with E-state index < -0.39 is 5.60 Å². The molecule has 0 aromatic heterocycles. The average molecular weight is 304 g/mol. The van der Waals surface area contributed by atoms with Gasteiger partial charge in [-0.2, -0.15) is 0 Å². The monoisotopic (exact) mass is 304 g/mol. The number of hydrogen-bond donors (Lipinski definition) is 1. The van der Waals surface area contributed by atoms with E-state index in [0.29, 0.717) is 13.0 Å². The number of nitrogens with zero attached hydrogens (tertiary/aromatic N) is 2. The van der Waals surface area contributed by atoms with Crippen molar-refractivity contribution in [1.29, 1.82) is 0 Å². The molecule has 1 saturated heterocycles. The number of carbonyl (C=O) groups is 1. The first-order chi connectivity index (χ1) is 10.0. The molecule has 1 heterocycles. The fraction of sp³-hybridized carbons (Fsp3) is 0.611. The number of benzene rings is 1. The highest BCUT2D eigenvalue weighted by Gasteiger charge is 2.42. The Morgan fingerprint density at radius 3 is 2.27 bits per heavy atom. The Morgan fingerprint density at radius 2 is 1.86 bits per heavy atom. The second-order valence-electron chi connectivity index (χ2n) is 7.83. The van der Waals surface area contributed by atoms with E-state index in [1.165, 1.54) is 5.56 Å². The van der Waals surface area contributed by atoms with Crippen molar-refractivity contribution in [3.05, 3.63) is 29.8 Å². The molecular formula is C18H28N2O2. The van der Waals surface area contributed by atoms with Crippen LogP contribution in [0.15, 0.2) is 24.3 Å². The van der Waals surface area contributed by atoms with E-state index in [1.54, 1.807) is 18.9 Å². The fourth-order valence-electron chi connectivity index (χ4n) is 3.10. The first-order valence-corrected chi connectivity index (χ1v) is 7.82. The van der Waals surface area contributed by atoms with Gasteiger partial charge in [0, 0.05) is 25.7 Å². The highest BCUT2D eigenvalue weighted by Crippen LogP contribution is 2.29. The zero-order chi connectivity index (χ0) is 16.7. The van der Waals surface area contributed by atoms with Crippen LogP contribution in [-0.4, -0.2) is 48.2 Å². The quantitative estimate of drug-likeness (QED) is 0.912. The smallest absolute Gasteiger partial charge is 0.244 e. The third kappa shape index (κ3) is 3.50. The van der Waals surface area contributed by atoms with Crippen molar-refractivity contribution in [3.8, 4) is 0 Å². The van der Waals surface area contributed by atoms with Gasteiger partial charge >= 0.3 is 0 Å². The van der Waals surface area contributed by atoms with Crippen molar-refractivity contribution in [2.45, 2.75) is 51.2 Å². The van der Waals surface area contributed by atoms with E-state index in [1.807, 2.05) is 24.1 Å². The summed E-state index contributed by atoms with van der Waals surface area (Å²) in [5.74, 6) is 0.0313. The molecule has 0 spiro atoms. The molecule has 0 bridgehead atoms. The molecule has 1 amide bonds. The Morgan fingerprint density at radius 1 is 1.32 bits per heavy atom. The van der Waals surface area contributed by atoms with E-state index in [4.69, 9.17) is 0 Å². The zero-order valence-corrected chi connectivity index (χ0v) is 14.6. The van der Waals surface area contributed by atoms with Gasteiger partial charge in [0.15, 0.2) is 0 Å². The number of β-amino-alcohol motifs (C(OH)–C–C–N with tert-alkyl or cyclic N) is 1. The molecule has 0 unspecified atom stereocenters. The predicted molar refractivity (Wildman–Crippen MR) is 90.2 cm³/mol. The molecule has 0 saturated carbocycles. The van der Waals surface area contributed by atoms with Crippen LogP contribution in [0.2, 0.25) is 0 Å². The SMILES string of the molecule is CN(C(=O)[C@H]1C[C@@](C)(O)CN1C)c1ccc(C(C)(C)C)cc1. The number of hydrogen-bond acceptors (Lipinski definition) is 3. The van der Waals surface area contributed by atoms with Gasteiger partial charge < -0.3 is 10.0 Å². The molecule has 122 valence electrons. The summed E-state index contributed by atoms with van der Waals surface area (Å²) in [4.78, 5) is 16.3. The molecule has 1 aromatic carbocycles. The van der Waals surface area contributed by atoms with Gasteiger partial charge in [0.05, 0.1) is 11.6 Å². The molecule has 1 aromatic rings. The topological polar surface area (TPSA) is 43.8 Å². The Balaban J connectivity index is 2.14. The van der Waals surface area contributed by atoms with Gasteiger partial charge in [-0.1, -0.05) is 32.9 Å². The summed E-state index contributed by atoms with van der Waals surface area (Å²) in [5, 5.41) is 10.2. The summed E-state index contributed by atoms with van der Waals surface area (Å²) in [6.07, 6.45) is 0.479. The molecule has 1 aliphatic heterocycles. The number of rotatable bonds is 2. The van der Waals surface area contributed by atoms with Gasteiger partial charge in [-0.05, 0) is 37.1 Å². The number of likely N-dealkylation sites (N-methyl/N-ethyl adjacent to an activating group) is 2. The number of aliphatic hydroxyl groups is 1. The van der Waals surface area contributed by atoms with Crippen LogP contribution in [0.4, 0.5) is 5.69 Å². The van der Waals surface area contributed by atoms with Gasteiger partial charge in [-0.25, -0.2) is 0 Å². The summed E-state index contributed by atoms with van der Waals surface area (Å²) in [6, 6.07) is 7.88. The van der Waals surface area contributed by atoms with Gasteiger partial charge in [-0.15, -0.1) is 0 Å². The van der Waals surface area contributed by atoms with E-state index >= 15 is 0 Å². The summed E-state index contributed by atoms with van der Waals surface area (Å²) in [7, 11) is 3.69. The Kier molecular flexibility index (Phi) is 4.37. The summed E-state index contributed by atoms with van der Waals surface area (Å²) < 4.78 is 0. The third-order valence-electron chi connectivity index (χ3n) is 4.49. The predicted octanol–water partition coefficient (Wildman–Crippen LogP) is 2.40. The van der Waals surface area contributed by atoms with Crippen LogP contribution in [0.1, 0.15) is 39.7 Å². The van der Waals surface area contributed by atoms with Gasteiger partial charge in [-0.3, -0.25) is 9.69 Å². The van der Waals surface area contributed by atoms with E-state index in [-0.39, 0.29) is 17.4 Å². The van der Waals surface area contributed by atoms with Gasteiger partial charge in [0.25, 0.3) is 0 Å². The van der Waals surface area contributed by atoms with Gasteiger partial charge in [0.1, 0.15) is 0 Å². The normalized spacial score (nSPS) is 26.2. The first kappa shape index (κ1) is 17.0. The Labute approximate surface area is 133 Å². The maximum Gasteiger partial charge on any atom is 0.244 e. The van der Waals surface area contributed by atoms with Crippen molar-refractivity contribution in [2.75, 3.05) is 25.5 Å². The molecule has 4 nitrogen and oxygen atoms in total. The minimum Gasteiger partial charge on any atom is -0.389 e. The van der Waals surface area contributed by atoms with Crippen molar-refractivity contribution in [2.24, 2.45) is 0 Å². The highest BCUT2D eigenvalue weighted by atomic mass is 16.3. The lowest BCUT2D eigenvalue weighted by Gasteiger charge is -2.26. The van der Waals surface area contributed by atoms with E-state index in [9.17, 15) is 9.90 Å². The van der Waals surface area contributed by atoms with Crippen LogP contribution in [0.25, 0.3) is 0 Å². The Bertz CT molecular complexity index is 543. The van der Waals surface area contributed by atoms with Crippen molar-refractivity contribution >= 4 is 11.6 Å². The standard InChI is InChI=1S/C18H28N2O2/c1-17(2,3)13-7-9-14(10-8-13)20(6)16(21)15-11-18(4,22)12-19(15)5/h7-10,15,22H,11-12H2,1-6H3/t15-,18-/m1/s1. The minimum absolute atomic E-state index is 0.0313. The lowest BCUT2D eigenvalue weighted by Crippen LogP contribution is -2.42. The summed E-state index contributed by atoms with van der Waals surface area (Å²) >= 11 is 0. The van der Waals surface area contributed by atoms with Crippen molar-refractivity contribution in [3.63, 3.8) is 0 Å². The number of carbonyl (C=O) groups excluding carboxylic acids is 1. The van der Waals surface area contributed by atoms with Crippen LogP contribution in [-0.2, 0) is 10.2 Å². The third-order valence-corrected chi connectivity index (χ3v) is 4.49. The largest absolute Gasteiger partial charge is 0.389 e. The van der Waals surface area contributed by atoms with Gasteiger partial charge in [0.2, 0.25) is 5.91 Å². The maximum absolute atomic E-state index is 12.7. The molecule has 1 fully saturated rings. The van der Waals surface area contributed by atoms with Crippen molar-refractivity contribution < 1.29 is 9.90 Å². The molecular weight excluding hydrogens is 276 g/mol. The zero-order valence-electron chi connectivity index (χ0n) is 14.6. The van der Waals surface area contributed by atoms with Crippen LogP contribution < -0.4 is 4.90 Å². The molecule has 2 atom stereocenters. The minimum atomic E-state index is -0.786. The van der Waals surface area contributed by atoms with Crippen LogP contribution in [0, 0.1) is 0 Å². The fourth-order valence-corrected chi connectivity index (χ4v) is 3.10. The van der Waals surface area contributed by atoms with Crippen LogP contribution in [0.3, 0.4) is 0 Å². The lowest BCUT2D eigenvalue weighted by atomic mass is 9.87. The maximum atomic E-state index is 12.7. The molecule has 1 aliphatic rings. The second-order valence-corrected chi connectivity index (χ2v) is 7.83. The summed E-state index contributed by atoms with van der Waals surface area (Å²) in [6.45, 7) is 8.83. The number of anilines is 1. The number of likely N-dealkylation sites (tertiary alicyclic amines) is 1.